The summed E-state index contributed by atoms with van der Waals surface area (Å²) in [7, 11) is 0. The molecule has 4 rings (SSSR count). The normalized spacial score (nSPS) is 21.5. The number of carbonyl (C=O) groups excluding carboxylic acids is 2. The number of ketones is 1. The lowest BCUT2D eigenvalue weighted by Crippen LogP contribution is -2.49. The highest BCUT2D eigenvalue weighted by molar-refractivity contribution is 6.13. The van der Waals surface area contributed by atoms with E-state index < -0.39 is 11.8 Å². The Bertz CT molecular complexity index is 902. The maximum Gasteiger partial charge on any atom is 0.263 e. The first-order chi connectivity index (χ1) is 13.0. The zero-order valence-corrected chi connectivity index (χ0v) is 15.3. The van der Waals surface area contributed by atoms with E-state index in [9.17, 15) is 9.59 Å². The summed E-state index contributed by atoms with van der Waals surface area (Å²) >= 11 is 0. The number of fused-ring (bicyclic) bond motifs is 1. The molecular weight excluding hydrogens is 342 g/mol. The van der Waals surface area contributed by atoms with Crippen LogP contribution in [-0.2, 0) is 14.3 Å². The fraction of sp³-hybridized carbons (Fsp3) is 0.273. The summed E-state index contributed by atoms with van der Waals surface area (Å²) in [5.74, 6) is 0.0200. The van der Waals surface area contributed by atoms with Crippen LogP contribution in [-0.4, -0.2) is 41.6 Å². The van der Waals surface area contributed by atoms with Crippen LogP contribution in [0.15, 0.2) is 66.2 Å². The third-order valence-corrected chi connectivity index (χ3v) is 4.90. The Labute approximate surface area is 158 Å². The maximum atomic E-state index is 13.4. The zero-order valence-electron chi connectivity index (χ0n) is 15.3. The van der Waals surface area contributed by atoms with Gasteiger partial charge in [-0.25, -0.2) is 0 Å². The Morgan fingerprint density at radius 2 is 1.67 bits per heavy atom. The lowest BCUT2D eigenvalue weighted by atomic mass is 9.96. The molecule has 5 heteroatoms. The van der Waals surface area contributed by atoms with Gasteiger partial charge in [0, 0.05) is 11.1 Å². The summed E-state index contributed by atoms with van der Waals surface area (Å²) in [6, 6.07) is 18.4. The van der Waals surface area contributed by atoms with Crippen LogP contribution >= 0.6 is 0 Å². The lowest BCUT2D eigenvalue weighted by molar-refractivity contribution is -0.139. The van der Waals surface area contributed by atoms with Crippen LogP contribution in [0.1, 0.15) is 29.8 Å². The van der Waals surface area contributed by atoms with Crippen molar-refractivity contribution in [3.05, 3.63) is 77.4 Å². The van der Waals surface area contributed by atoms with Gasteiger partial charge >= 0.3 is 0 Å². The first-order valence-electron chi connectivity index (χ1n) is 8.95. The van der Waals surface area contributed by atoms with Gasteiger partial charge < -0.3 is 14.4 Å². The van der Waals surface area contributed by atoms with Gasteiger partial charge in [-0.2, -0.15) is 0 Å². The van der Waals surface area contributed by atoms with E-state index in [2.05, 4.69) is 0 Å². The monoisotopic (exact) mass is 363 g/mol. The van der Waals surface area contributed by atoms with E-state index in [0.717, 1.165) is 5.56 Å². The Kier molecular flexibility index (Phi) is 4.32. The van der Waals surface area contributed by atoms with Gasteiger partial charge in [0.2, 0.25) is 0 Å². The SMILES string of the molecule is CC1(C)CO[C@H]2C(C(=O)c3ccccc3)=C(c3ccccc3)OCC(=O)N21. The molecule has 2 aromatic rings. The van der Waals surface area contributed by atoms with Gasteiger partial charge in [-0.05, 0) is 13.8 Å². The van der Waals surface area contributed by atoms with Crippen LogP contribution in [0.5, 0.6) is 0 Å². The van der Waals surface area contributed by atoms with Gasteiger partial charge in [0.1, 0.15) is 5.76 Å². The van der Waals surface area contributed by atoms with Crippen LogP contribution in [0, 0.1) is 0 Å². The largest absolute Gasteiger partial charge is 0.483 e. The van der Waals surface area contributed by atoms with Crippen LogP contribution < -0.4 is 0 Å². The number of rotatable bonds is 3. The van der Waals surface area contributed by atoms with E-state index >= 15 is 0 Å². The molecule has 0 N–H and O–H groups in total. The number of hydrogen-bond acceptors (Lipinski definition) is 4. The molecule has 0 saturated carbocycles. The molecule has 0 aromatic heterocycles. The molecule has 0 spiro atoms. The highest BCUT2D eigenvalue weighted by atomic mass is 16.5. The minimum absolute atomic E-state index is 0.126. The number of Topliss-reactive ketones (excluding diaryl/α,β-unsaturated/α-hetero) is 1. The molecule has 2 heterocycles. The molecular formula is C22H21NO4. The summed E-state index contributed by atoms with van der Waals surface area (Å²) in [4.78, 5) is 27.9. The average molecular weight is 363 g/mol. The van der Waals surface area contributed by atoms with Gasteiger partial charge in [0.05, 0.1) is 17.7 Å². The number of hydrogen-bond donors (Lipinski definition) is 0. The summed E-state index contributed by atoms with van der Waals surface area (Å²) in [5, 5.41) is 0. The molecule has 5 nitrogen and oxygen atoms in total. The Balaban J connectivity index is 1.91. The van der Waals surface area contributed by atoms with Gasteiger partial charge in [-0.15, -0.1) is 0 Å². The highest BCUT2D eigenvalue weighted by Crippen LogP contribution is 2.38. The van der Waals surface area contributed by atoms with Crippen molar-refractivity contribution in [3.63, 3.8) is 0 Å². The second-order valence-electron chi connectivity index (χ2n) is 7.33. The molecule has 1 amide bonds. The summed E-state index contributed by atoms with van der Waals surface area (Å²) in [6.07, 6.45) is -0.766. The van der Waals surface area contributed by atoms with Gasteiger partial charge in [0.15, 0.2) is 18.6 Å². The van der Waals surface area contributed by atoms with Crippen molar-refractivity contribution < 1.29 is 19.1 Å². The predicted octanol–water partition coefficient (Wildman–Crippen LogP) is 3.27. The van der Waals surface area contributed by atoms with Gasteiger partial charge in [-0.3, -0.25) is 9.59 Å². The molecule has 27 heavy (non-hydrogen) atoms. The summed E-state index contributed by atoms with van der Waals surface area (Å²) in [6.45, 7) is 4.10. The van der Waals surface area contributed by atoms with E-state index in [-0.39, 0.29) is 18.3 Å². The van der Waals surface area contributed by atoms with E-state index in [0.29, 0.717) is 23.5 Å². The van der Waals surface area contributed by atoms with Crippen LogP contribution in [0.2, 0.25) is 0 Å². The zero-order chi connectivity index (χ0) is 19.0. The second kappa shape index (κ2) is 6.67. The molecule has 1 saturated heterocycles. The van der Waals surface area contributed by atoms with Gasteiger partial charge in [0.25, 0.3) is 5.91 Å². The summed E-state index contributed by atoms with van der Waals surface area (Å²) in [5.41, 5.74) is 1.13. The Morgan fingerprint density at radius 3 is 2.33 bits per heavy atom. The van der Waals surface area contributed by atoms with Crippen molar-refractivity contribution in [2.45, 2.75) is 25.6 Å². The average Bonchev–Trinajstić information content (AvgIpc) is 2.91. The lowest BCUT2D eigenvalue weighted by Gasteiger charge is -2.32. The first-order valence-corrected chi connectivity index (χ1v) is 8.95. The third kappa shape index (κ3) is 3.04. The van der Waals surface area contributed by atoms with E-state index in [4.69, 9.17) is 9.47 Å². The third-order valence-electron chi connectivity index (χ3n) is 4.90. The highest BCUT2D eigenvalue weighted by Gasteiger charge is 2.49. The number of amides is 1. The topological polar surface area (TPSA) is 55.8 Å². The molecule has 0 bridgehead atoms. The van der Waals surface area contributed by atoms with Crippen molar-refractivity contribution in [3.8, 4) is 0 Å². The van der Waals surface area contributed by atoms with Crippen molar-refractivity contribution in [1.29, 1.82) is 0 Å². The number of nitrogens with zero attached hydrogens (tertiary/aromatic N) is 1. The van der Waals surface area contributed by atoms with E-state index in [1.807, 2.05) is 62.4 Å². The van der Waals surface area contributed by atoms with Crippen molar-refractivity contribution in [2.24, 2.45) is 0 Å². The number of carbonyl (C=O) groups is 2. The Hall–Kier alpha value is -2.92. The van der Waals surface area contributed by atoms with Gasteiger partial charge in [-0.1, -0.05) is 60.7 Å². The molecule has 0 aliphatic carbocycles. The molecule has 0 unspecified atom stereocenters. The number of benzene rings is 2. The fourth-order valence-electron chi connectivity index (χ4n) is 3.61. The minimum atomic E-state index is -0.766. The molecule has 0 radical (unpaired) electrons. The van der Waals surface area contributed by atoms with Crippen molar-refractivity contribution in [2.75, 3.05) is 13.2 Å². The molecule has 1 atom stereocenters. The molecule has 1 fully saturated rings. The molecule has 2 aromatic carbocycles. The maximum absolute atomic E-state index is 13.4. The van der Waals surface area contributed by atoms with Crippen LogP contribution in [0.25, 0.3) is 5.76 Å². The molecule has 138 valence electrons. The predicted molar refractivity (Wildman–Crippen MR) is 101 cm³/mol. The quantitative estimate of drug-likeness (QED) is 0.786. The van der Waals surface area contributed by atoms with Crippen LogP contribution in [0.3, 0.4) is 0 Å². The number of ether oxygens (including phenoxy) is 2. The standard InChI is InChI=1S/C22H21NO4/c1-22(2)14-27-21-18(19(25)15-9-5-3-6-10-15)20(16-11-7-4-8-12-16)26-13-17(24)23(21)22/h3-12,21H,13-14H2,1-2H3/t21-/m0/s1. The smallest absolute Gasteiger partial charge is 0.263 e. The van der Waals surface area contributed by atoms with E-state index in [1.54, 1.807) is 17.0 Å². The van der Waals surface area contributed by atoms with Crippen molar-refractivity contribution in [1.82, 2.24) is 4.90 Å². The van der Waals surface area contributed by atoms with Crippen LogP contribution in [0.4, 0.5) is 0 Å². The second-order valence-corrected chi connectivity index (χ2v) is 7.33. The van der Waals surface area contributed by atoms with E-state index in [1.165, 1.54) is 0 Å². The van der Waals surface area contributed by atoms with Crippen molar-refractivity contribution >= 4 is 17.4 Å². The molecule has 2 aliphatic heterocycles. The minimum Gasteiger partial charge on any atom is -0.483 e. The Morgan fingerprint density at radius 1 is 1.04 bits per heavy atom. The fourth-order valence-corrected chi connectivity index (χ4v) is 3.61. The molecule has 2 aliphatic rings. The first kappa shape index (κ1) is 17.5. The summed E-state index contributed by atoms with van der Waals surface area (Å²) < 4.78 is 11.8.